The molecule has 4 rings (SSSR count). The quantitative estimate of drug-likeness (QED) is 0.0268. The van der Waals surface area contributed by atoms with Gasteiger partial charge in [-0.25, -0.2) is 0 Å². The Bertz CT molecular complexity index is 1760. The molecule has 8 amide bonds. The molecule has 0 saturated carbocycles. The molecule has 2 unspecified atom stereocenters. The molecular weight excluding hydrogens is 1010 g/mol. The predicted molar refractivity (Wildman–Crippen MR) is 309 cm³/mol. The number of amides is 8. The number of hydrogen-bond donors (Lipinski definition) is 1. The van der Waals surface area contributed by atoms with Crippen molar-refractivity contribution in [1.82, 2.24) is 19.6 Å². The van der Waals surface area contributed by atoms with Gasteiger partial charge in [0.25, 0.3) is 47.3 Å². The van der Waals surface area contributed by atoms with E-state index in [4.69, 9.17) is 12.6 Å². The third-order valence-electron chi connectivity index (χ3n) is 14.4. The van der Waals surface area contributed by atoms with Gasteiger partial charge in [0.2, 0.25) is 0 Å². The van der Waals surface area contributed by atoms with Crippen LogP contribution in [0.4, 0.5) is 0 Å². The Morgan fingerprint density at radius 2 is 0.500 bits per heavy atom. The first-order chi connectivity index (χ1) is 36.0. The van der Waals surface area contributed by atoms with Gasteiger partial charge < -0.3 is 0 Å². The average Bonchev–Trinajstić information content (AvgIpc) is 4.10. The monoisotopic (exact) mass is 1100 g/mol. The van der Waals surface area contributed by atoms with Gasteiger partial charge in [0, 0.05) is 80.0 Å². The van der Waals surface area contributed by atoms with E-state index < -0.39 is 0 Å². The van der Waals surface area contributed by atoms with Crippen LogP contribution in [-0.4, -0.2) is 119 Å². The first kappa shape index (κ1) is 63.5. The number of nitrogens with zero attached hydrogens (tertiary/aromatic N) is 4. The van der Waals surface area contributed by atoms with E-state index in [1.807, 2.05) is 0 Å². The minimum absolute atomic E-state index is 0.167. The van der Waals surface area contributed by atoms with Crippen LogP contribution < -0.4 is 0 Å². The molecule has 16 heteroatoms. The molecule has 0 spiro atoms. The summed E-state index contributed by atoms with van der Waals surface area (Å²) in [4.78, 5) is 100. The van der Waals surface area contributed by atoms with E-state index in [9.17, 15) is 38.4 Å². The van der Waals surface area contributed by atoms with E-state index in [2.05, 4.69) is 35.3 Å². The van der Waals surface area contributed by atoms with Crippen molar-refractivity contribution in [2.45, 2.75) is 221 Å². The number of imide groups is 4. The minimum atomic E-state index is -0.190. The molecule has 0 aromatic heterocycles. The second-order valence-corrected chi connectivity index (χ2v) is 26.0. The first-order valence-electron chi connectivity index (χ1n) is 28.8. The lowest BCUT2D eigenvalue weighted by Crippen LogP contribution is -2.30. The normalized spacial score (nSPS) is 16.8. The van der Waals surface area contributed by atoms with Crippen molar-refractivity contribution in [3.05, 3.63) is 48.6 Å². The largest absolute Gasteiger partial charge is 0.275 e. The maximum atomic E-state index is 11.9. The van der Waals surface area contributed by atoms with E-state index in [1.165, 1.54) is 197 Å². The molecule has 12 nitrogen and oxygen atoms in total. The Labute approximate surface area is 463 Å². The van der Waals surface area contributed by atoms with Gasteiger partial charge in [-0.05, 0) is 68.6 Å². The number of thioether (sulfide) groups is 3. The van der Waals surface area contributed by atoms with Gasteiger partial charge in [-0.15, -0.1) is 36.2 Å². The third kappa shape index (κ3) is 25.4. The topological polar surface area (TPSA) is 150 Å². The van der Waals surface area contributed by atoms with Crippen molar-refractivity contribution in [2.24, 2.45) is 0 Å². The molecule has 0 N–H and O–H groups in total. The smallest absolute Gasteiger partial charge is 0.253 e. The summed E-state index contributed by atoms with van der Waals surface area (Å²) in [6.45, 7) is 2.07. The zero-order valence-electron chi connectivity index (χ0n) is 44.7. The molecule has 4 aliphatic rings. The fraction of sp³-hybridized carbons (Fsp3) is 0.724. The molecule has 4 heterocycles. The second-order valence-electron chi connectivity index (χ2n) is 20.4. The highest BCUT2D eigenvalue weighted by molar-refractivity contribution is 8.30. The standard InChI is InChI=1S/C58H90N4O8S4/c63-50-34-35-51(64)59(50)42-26-18-10-3-1-6-15-23-31-47-73-58(71,74-48-32-24-16-7-5-12-20-28-44-61-54(67)38-39-55(61)68)49(33-25-17-9-2-4-11-19-27-43-60-52(65)36-37-53(60)66)72-46-30-22-14-8-13-21-29-45-62-56(69)40-41-57(62)70/h34-41,49,71H,1-33,42-48H2. The van der Waals surface area contributed by atoms with Crippen LogP contribution in [0.15, 0.2) is 48.6 Å². The van der Waals surface area contributed by atoms with Crippen molar-refractivity contribution >= 4 is 95.2 Å². The first-order valence-corrected chi connectivity index (χ1v) is 32.2. The SMILES string of the molecule is O=C1C=CC(=O)N1CCCCCCCCCCCSC(S)(SCCCCCCCCCCN1C(=O)C=CC1=O)C(CCCCCCCCCCN1C(=O)C=CC1=O)SCCCCCCCCCN1C(=O)C=CC1=O. The van der Waals surface area contributed by atoms with Crippen LogP contribution in [0.3, 0.4) is 0 Å². The van der Waals surface area contributed by atoms with Crippen molar-refractivity contribution in [2.75, 3.05) is 43.4 Å². The summed E-state index contributed by atoms with van der Waals surface area (Å²) in [5.74, 6) is 1.85. The van der Waals surface area contributed by atoms with E-state index in [0.29, 0.717) is 31.4 Å². The lowest BCUT2D eigenvalue weighted by atomic mass is 10.1. The number of carbonyl (C=O) groups excluding carboxylic acids is 8. The van der Waals surface area contributed by atoms with Crippen LogP contribution in [0.1, 0.15) is 212 Å². The van der Waals surface area contributed by atoms with Gasteiger partial charge in [0.1, 0.15) is 3.41 Å². The molecule has 0 aliphatic carbocycles. The number of unbranched alkanes of at least 4 members (excludes halogenated alkanes) is 28. The van der Waals surface area contributed by atoms with Gasteiger partial charge in [-0.1, -0.05) is 161 Å². The second kappa shape index (κ2) is 38.5. The lowest BCUT2D eigenvalue weighted by Gasteiger charge is -2.36. The van der Waals surface area contributed by atoms with Crippen LogP contribution in [0.5, 0.6) is 0 Å². The Kier molecular flexibility index (Phi) is 33.0. The number of rotatable bonds is 48. The van der Waals surface area contributed by atoms with E-state index in [-0.39, 0.29) is 50.7 Å². The molecule has 0 aromatic rings. The molecular formula is C58H90N4O8S4. The molecule has 2 atom stereocenters. The Morgan fingerprint density at radius 1 is 0.297 bits per heavy atom. The molecule has 4 aliphatic heterocycles. The summed E-state index contributed by atoms with van der Waals surface area (Å²) >= 11 is 12.0. The summed E-state index contributed by atoms with van der Waals surface area (Å²) in [5.41, 5.74) is 0. The van der Waals surface area contributed by atoms with Crippen LogP contribution >= 0.6 is 47.9 Å². The Hall–Kier alpha value is -3.08. The van der Waals surface area contributed by atoms with Gasteiger partial charge in [-0.3, -0.25) is 58.0 Å². The third-order valence-corrected chi connectivity index (χ3v) is 20.5. The Morgan fingerprint density at radius 3 is 0.757 bits per heavy atom. The lowest BCUT2D eigenvalue weighted by molar-refractivity contribution is -0.138. The van der Waals surface area contributed by atoms with Crippen LogP contribution in [0.25, 0.3) is 0 Å². The average molecular weight is 1100 g/mol. The van der Waals surface area contributed by atoms with E-state index in [1.54, 1.807) is 0 Å². The van der Waals surface area contributed by atoms with Crippen molar-refractivity contribution in [3.63, 3.8) is 0 Å². The van der Waals surface area contributed by atoms with Gasteiger partial charge in [-0.2, -0.15) is 11.8 Å². The van der Waals surface area contributed by atoms with Crippen LogP contribution in [-0.2, 0) is 38.4 Å². The maximum absolute atomic E-state index is 11.9. The number of carbonyl (C=O) groups is 8. The van der Waals surface area contributed by atoms with Gasteiger partial charge in [0.15, 0.2) is 0 Å². The zero-order valence-corrected chi connectivity index (χ0v) is 48.1. The maximum Gasteiger partial charge on any atom is 0.253 e. The summed E-state index contributed by atoms with van der Waals surface area (Å²) in [5, 5.41) is 0.441. The number of hydrogen-bond acceptors (Lipinski definition) is 12. The summed E-state index contributed by atoms with van der Waals surface area (Å²) in [6, 6.07) is 0. The molecule has 0 aromatic carbocycles. The highest BCUT2D eigenvalue weighted by atomic mass is 32.3. The fourth-order valence-corrected chi connectivity index (χ4v) is 15.5. The molecule has 414 valence electrons. The van der Waals surface area contributed by atoms with Crippen molar-refractivity contribution in [3.8, 4) is 0 Å². The van der Waals surface area contributed by atoms with E-state index >= 15 is 0 Å². The summed E-state index contributed by atoms with van der Waals surface area (Å²) in [6.07, 6.45) is 48.4. The van der Waals surface area contributed by atoms with Crippen molar-refractivity contribution in [1.29, 1.82) is 0 Å². The minimum Gasteiger partial charge on any atom is -0.275 e. The highest BCUT2D eigenvalue weighted by Crippen LogP contribution is 2.51. The molecule has 0 saturated heterocycles. The molecule has 0 bridgehead atoms. The molecule has 0 fully saturated rings. The van der Waals surface area contributed by atoms with Gasteiger partial charge in [0.05, 0.1) is 0 Å². The van der Waals surface area contributed by atoms with Crippen LogP contribution in [0.2, 0.25) is 0 Å². The molecule has 0 radical (unpaired) electrons. The van der Waals surface area contributed by atoms with Crippen molar-refractivity contribution < 1.29 is 38.4 Å². The number of thiol groups is 1. The van der Waals surface area contributed by atoms with Gasteiger partial charge >= 0.3 is 0 Å². The summed E-state index contributed by atoms with van der Waals surface area (Å²) in [7, 11) is 0. The van der Waals surface area contributed by atoms with E-state index in [0.717, 1.165) is 101 Å². The Balaban J connectivity index is 1.18. The highest BCUT2D eigenvalue weighted by Gasteiger charge is 2.36. The molecule has 74 heavy (non-hydrogen) atoms. The summed E-state index contributed by atoms with van der Waals surface area (Å²) < 4.78 is -0.167. The predicted octanol–water partition coefficient (Wildman–Crippen LogP) is 12.7. The van der Waals surface area contributed by atoms with Crippen LogP contribution in [0, 0.1) is 0 Å². The zero-order chi connectivity index (χ0) is 53.1. The fourth-order valence-electron chi connectivity index (χ4n) is 9.83.